The molecule has 0 heterocycles. The van der Waals surface area contributed by atoms with Crippen LogP contribution < -0.4 is 0 Å². The largest absolute Gasteiger partial charge is 0.465 e. The van der Waals surface area contributed by atoms with Crippen LogP contribution in [0.3, 0.4) is 0 Å². The van der Waals surface area contributed by atoms with Crippen molar-refractivity contribution < 1.29 is 19.1 Å². The van der Waals surface area contributed by atoms with Crippen LogP contribution >= 0.6 is 34.8 Å². The van der Waals surface area contributed by atoms with Crippen molar-refractivity contribution >= 4 is 57.5 Å². The van der Waals surface area contributed by atoms with Gasteiger partial charge in [-0.1, -0.05) is 34.8 Å². The molecule has 0 spiro atoms. The zero-order valence-electron chi connectivity index (χ0n) is 11.0. The first-order valence-corrected chi connectivity index (χ1v) is 6.82. The van der Waals surface area contributed by atoms with E-state index in [1.807, 2.05) is 0 Å². The highest BCUT2D eigenvalue weighted by Crippen LogP contribution is 2.38. The summed E-state index contributed by atoms with van der Waals surface area (Å²) in [7, 11) is 2.49. The maximum Gasteiger partial charge on any atom is 0.339 e. The van der Waals surface area contributed by atoms with Gasteiger partial charge in [-0.2, -0.15) is 0 Å². The smallest absolute Gasteiger partial charge is 0.339 e. The molecule has 0 aliphatic carbocycles. The van der Waals surface area contributed by atoms with Gasteiger partial charge in [-0.25, -0.2) is 9.59 Å². The van der Waals surface area contributed by atoms with E-state index >= 15 is 0 Å². The number of fused-ring (bicyclic) bond motifs is 1. The number of methoxy groups -OCH3 is 2. The van der Waals surface area contributed by atoms with E-state index in [0.29, 0.717) is 10.8 Å². The lowest BCUT2D eigenvalue weighted by molar-refractivity contribution is 0.0591. The number of benzene rings is 2. The van der Waals surface area contributed by atoms with Crippen LogP contribution in [0.2, 0.25) is 15.1 Å². The fourth-order valence-corrected chi connectivity index (χ4v) is 2.65. The summed E-state index contributed by atoms with van der Waals surface area (Å²) in [6.07, 6.45) is 0. The van der Waals surface area contributed by atoms with Crippen molar-refractivity contribution in [1.82, 2.24) is 0 Å². The lowest BCUT2D eigenvalue weighted by Crippen LogP contribution is -2.04. The molecular formula is C14H9Cl3O4. The standard InChI is InChI=1S/C14H9Cl3O4/c1-20-13(18)6-3-8-7(10(15)4-6)5-9(14(19)21-2)12(17)11(8)16/h3-5H,1-2H3. The molecule has 0 aliphatic rings. The van der Waals surface area contributed by atoms with Gasteiger partial charge in [-0.05, 0) is 18.2 Å². The molecule has 2 aromatic rings. The zero-order chi connectivity index (χ0) is 15.7. The minimum atomic E-state index is -0.628. The molecule has 4 nitrogen and oxygen atoms in total. The summed E-state index contributed by atoms with van der Waals surface area (Å²) in [5, 5.41) is 1.33. The number of esters is 2. The average Bonchev–Trinajstić information content (AvgIpc) is 2.49. The molecule has 0 N–H and O–H groups in total. The van der Waals surface area contributed by atoms with Gasteiger partial charge in [0.25, 0.3) is 0 Å². The Morgan fingerprint density at radius 3 is 2.05 bits per heavy atom. The molecule has 0 fully saturated rings. The van der Waals surface area contributed by atoms with E-state index in [0.717, 1.165) is 0 Å². The Balaban J connectivity index is 2.81. The maximum absolute atomic E-state index is 11.7. The Labute approximate surface area is 135 Å². The van der Waals surface area contributed by atoms with Crippen molar-refractivity contribution in [2.45, 2.75) is 0 Å². The van der Waals surface area contributed by atoms with Gasteiger partial charge in [0.15, 0.2) is 0 Å². The van der Waals surface area contributed by atoms with Crippen LogP contribution in [0.1, 0.15) is 20.7 Å². The van der Waals surface area contributed by atoms with Gasteiger partial charge >= 0.3 is 11.9 Å². The number of carbonyl (C=O) groups is 2. The van der Waals surface area contributed by atoms with Crippen LogP contribution in [0.5, 0.6) is 0 Å². The first-order chi connectivity index (χ1) is 9.90. The van der Waals surface area contributed by atoms with Crippen molar-refractivity contribution in [3.8, 4) is 0 Å². The van der Waals surface area contributed by atoms with E-state index in [1.54, 1.807) is 0 Å². The van der Waals surface area contributed by atoms with E-state index in [2.05, 4.69) is 9.47 Å². The van der Waals surface area contributed by atoms with Gasteiger partial charge in [0.1, 0.15) is 0 Å². The Kier molecular flexibility index (Phi) is 4.61. The molecular weight excluding hydrogens is 339 g/mol. The van der Waals surface area contributed by atoms with Gasteiger partial charge in [0.2, 0.25) is 0 Å². The molecule has 0 saturated heterocycles. The van der Waals surface area contributed by atoms with Crippen molar-refractivity contribution in [1.29, 1.82) is 0 Å². The van der Waals surface area contributed by atoms with Gasteiger partial charge in [-0.15, -0.1) is 0 Å². The summed E-state index contributed by atoms with van der Waals surface area (Å²) in [5.41, 5.74) is 0.336. The van der Waals surface area contributed by atoms with Crippen LogP contribution in [0.25, 0.3) is 10.8 Å². The van der Waals surface area contributed by atoms with Crippen molar-refractivity contribution in [3.05, 3.63) is 44.4 Å². The molecule has 0 bridgehead atoms. The Bertz CT molecular complexity index is 756. The van der Waals surface area contributed by atoms with Gasteiger partial charge in [0.05, 0.1) is 35.4 Å². The summed E-state index contributed by atoms with van der Waals surface area (Å²) in [6, 6.07) is 4.40. The number of halogens is 3. The highest BCUT2D eigenvalue weighted by Gasteiger charge is 2.19. The second kappa shape index (κ2) is 6.10. The number of hydrogen-bond donors (Lipinski definition) is 0. The highest BCUT2D eigenvalue weighted by atomic mass is 35.5. The minimum absolute atomic E-state index is 0.0362. The predicted molar refractivity (Wildman–Crippen MR) is 81.7 cm³/mol. The minimum Gasteiger partial charge on any atom is -0.465 e. The third kappa shape index (κ3) is 2.79. The van der Waals surface area contributed by atoms with Crippen LogP contribution in [-0.2, 0) is 9.47 Å². The SMILES string of the molecule is COC(=O)c1cc(Cl)c2cc(C(=O)OC)c(Cl)c(Cl)c2c1. The fourth-order valence-electron chi connectivity index (χ4n) is 1.88. The zero-order valence-corrected chi connectivity index (χ0v) is 13.3. The molecule has 0 atom stereocenters. The lowest BCUT2D eigenvalue weighted by atomic mass is 10.0. The van der Waals surface area contributed by atoms with Crippen LogP contribution in [-0.4, -0.2) is 26.2 Å². The van der Waals surface area contributed by atoms with Crippen LogP contribution in [0.15, 0.2) is 18.2 Å². The van der Waals surface area contributed by atoms with Crippen LogP contribution in [0.4, 0.5) is 0 Å². The molecule has 0 saturated carbocycles. The van der Waals surface area contributed by atoms with E-state index in [-0.39, 0.29) is 26.2 Å². The molecule has 21 heavy (non-hydrogen) atoms. The van der Waals surface area contributed by atoms with E-state index in [9.17, 15) is 9.59 Å². The number of hydrogen-bond acceptors (Lipinski definition) is 4. The highest BCUT2D eigenvalue weighted by molar-refractivity contribution is 6.48. The normalized spacial score (nSPS) is 10.5. The number of carbonyl (C=O) groups excluding carboxylic acids is 2. The Morgan fingerprint density at radius 1 is 0.857 bits per heavy atom. The van der Waals surface area contributed by atoms with Gasteiger partial charge in [0, 0.05) is 15.8 Å². The second-order valence-corrected chi connectivity index (χ2v) is 5.25. The molecule has 0 radical (unpaired) electrons. The first kappa shape index (κ1) is 15.9. The summed E-state index contributed by atoms with van der Waals surface area (Å²) >= 11 is 18.4. The van der Waals surface area contributed by atoms with E-state index in [1.165, 1.54) is 32.4 Å². The topological polar surface area (TPSA) is 52.6 Å². The molecule has 0 unspecified atom stereocenters. The fraction of sp³-hybridized carbons (Fsp3) is 0.143. The number of ether oxygens (including phenoxy) is 2. The first-order valence-electron chi connectivity index (χ1n) is 5.68. The molecule has 0 amide bonds. The van der Waals surface area contributed by atoms with Crippen LogP contribution in [0, 0.1) is 0 Å². The monoisotopic (exact) mass is 346 g/mol. The third-order valence-corrected chi connectivity index (χ3v) is 4.10. The summed E-state index contributed by atoms with van der Waals surface area (Å²) in [6.45, 7) is 0. The lowest BCUT2D eigenvalue weighted by Gasteiger charge is -2.11. The molecule has 2 rings (SSSR count). The maximum atomic E-state index is 11.7. The summed E-state index contributed by atoms with van der Waals surface area (Å²) in [5.74, 6) is -1.18. The van der Waals surface area contributed by atoms with E-state index < -0.39 is 11.9 Å². The average molecular weight is 348 g/mol. The third-order valence-electron chi connectivity index (χ3n) is 2.91. The molecule has 2 aromatic carbocycles. The molecule has 0 aliphatic heterocycles. The number of rotatable bonds is 2. The molecule has 110 valence electrons. The predicted octanol–water partition coefficient (Wildman–Crippen LogP) is 4.37. The molecule has 7 heteroatoms. The molecule has 0 aromatic heterocycles. The van der Waals surface area contributed by atoms with Gasteiger partial charge < -0.3 is 9.47 Å². The summed E-state index contributed by atoms with van der Waals surface area (Å²) < 4.78 is 9.28. The van der Waals surface area contributed by atoms with Crippen molar-refractivity contribution in [2.24, 2.45) is 0 Å². The van der Waals surface area contributed by atoms with Crippen molar-refractivity contribution in [2.75, 3.05) is 14.2 Å². The Hall–Kier alpha value is -1.49. The van der Waals surface area contributed by atoms with E-state index in [4.69, 9.17) is 34.8 Å². The van der Waals surface area contributed by atoms with Crippen molar-refractivity contribution in [3.63, 3.8) is 0 Å². The summed E-state index contributed by atoms with van der Waals surface area (Å²) in [4.78, 5) is 23.3. The second-order valence-electron chi connectivity index (χ2n) is 4.09. The quantitative estimate of drug-likeness (QED) is 0.757. The van der Waals surface area contributed by atoms with Gasteiger partial charge in [-0.3, -0.25) is 0 Å². The Morgan fingerprint density at radius 2 is 1.48 bits per heavy atom.